The lowest BCUT2D eigenvalue weighted by molar-refractivity contribution is 0.210. The molecule has 0 spiro atoms. The lowest BCUT2D eigenvalue weighted by Gasteiger charge is -2.13. The number of hydrogen-bond acceptors (Lipinski definition) is 3. The maximum atomic E-state index is 5.93. The summed E-state index contributed by atoms with van der Waals surface area (Å²) >= 11 is 0. The molecule has 1 saturated carbocycles. The molecule has 1 aliphatic carbocycles. The monoisotopic (exact) mass is 214 g/mol. The van der Waals surface area contributed by atoms with E-state index < -0.39 is 0 Å². The van der Waals surface area contributed by atoms with Crippen molar-refractivity contribution in [3.63, 3.8) is 0 Å². The zero-order valence-electron chi connectivity index (χ0n) is 9.10. The van der Waals surface area contributed by atoms with Crippen LogP contribution in [0.1, 0.15) is 25.7 Å². The smallest absolute Gasteiger partial charge is 0.120 e. The molecule has 0 N–H and O–H groups in total. The van der Waals surface area contributed by atoms with Crippen molar-refractivity contribution in [1.29, 1.82) is 0 Å². The number of nitrogens with zero attached hydrogens (tertiary/aromatic N) is 2. The number of fused-ring (bicyclic) bond motifs is 1. The molecule has 16 heavy (non-hydrogen) atoms. The average Bonchev–Trinajstić information content (AvgIpc) is 2.82. The Morgan fingerprint density at radius 1 is 1.19 bits per heavy atom. The molecule has 3 nitrogen and oxygen atoms in total. The van der Waals surface area contributed by atoms with Gasteiger partial charge in [0.2, 0.25) is 0 Å². The third kappa shape index (κ3) is 1.85. The van der Waals surface area contributed by atoms with Crippen molar-refractivity contribution in [3.05, 3.63) is 30.7 Å². The van der Waals surface area contributed by atoms with Gasteiger partial charge in [0, 0.05) is 11.6 Å². The summed E-state index contributed by atoms with van der Waals surface area (Å²) in [4.78, 5) is 8.21. The molecule has 1 aliphatic rings. The first-order valence-corrected chi connectivity index (χ1v) is 5.78. The van der Waals surface area contributed by atoms with Crippen molar-refractivity contribution in [2.45, 2.75) is 31.8 Å². The summed E-state index contributed by atoms with van der Waals surface area (Å²) in [6.07, 6.45) is 8.75. The van der Waals surface area contributed by atoms with E-state index in [4.69, 9.17) is 4.74 Å². The predicted octanol–water partition coefficient (Wildman–Crippen LogP) is 2.95. The van der Waals surface area contributed by atoms with E-state index in [1.54, 1.807) is 6.33 Å². The summed E-state index contributed by atoms with van der Waals surface area (Å²) in [5.74, 6) is 0.939. The largest absolute Gasteiger partial charge is 0.490 e. The van der Waals surface area contributed by atoms with Gasteiger partial charge in [-0.15, -0.1) is 0 Å². The molecule has 0 aliphatic heterocycles. The maximum Gasteiger partial charge on any atom is 0.120 e. The Morgan fingerprint density at radius 3 is 2.94 bits per heavy atom. The fourth-order valence-corrected chi connectivity index (χ4v) is 2.23. The van der Waals surface area contributed by atoms with Crippen LogP contribution in [0.4, 0.5) is 0 Å². The van der Waals surface area contributed by atoms with Crippen LogP contribution in [0.5, 0.6) is 5.75 Å². The van der Waals surface area contributed by atoms with E-state index in [2.05, 4.69) is 9.97 Å². The fraction of sp³-hybridized carbons (Fsp3) is 0.385. The van der Waals surface area contributed by atoms with Gasteiger partial charge in [-0.2, -0.15) is 0 Å². The summed E-state index contributed by atoms with van der Waals surface area (Å²) in [5, 5.41) is 1.04. The van der Waals surface area contributed by atoms with Gasteiger partial charge in [0.25, 0.3) is 0 Å². The van der Waals surface area contributed by atoms with Crippen molar-refractivity contribution in [2.24, 2.45) is 0 Å². The highest BCUT2D eigenvalue weighted by atomic mass is 16.5. The van der Waals surface area contributed by atoms with Crippen LogP contribution in [-0.4, -0.2) is 16.1 Å². The van der Waals surface area contributed by atoms with Gasteiger partial charge < -0.3 is 4.74 Å². The van der Waals surface area contributed by atoms with E-state index in [9.17, 15) is 0 Å². The van der Waals surface area contributed by atoms with Crippen LogP contribution in [0.2, 0.25) is 0 Å². The standard InChI is InChI=1S/C13H14N2O/c1-2-4-11(3-1)16-12-5-6-13-10(7-12)8-14-9-15-13/h5-9,11H,1-4H2. The topological polar surface area (TPSA) is 35.0 Å². The summed E-state index contributed by atoms with van der Waals surface area (Å²) in [5.41, 5.74) is 0.966. The summed E-state index contributed by atoms with van der Waals surface area (Å²) in [7, 11) is 0. The third-order valence-corrected chi connectivity index (χ3v) is 3.08. The Balaban J connectivity index is 1.86. The molecule has 1 fully saturated rings. The van der Waals surface area contributed by atoms with Gasteiger partial charge in [-0.1, -0.05) is 0 Å². The van der Waals surface area contributed by atoms with Crippen LogP contribution in [0, 0.1) is 0 Å². The summed E-state index contributed by atoms with van der Waals surface area (Å²) < 4.78 is 5.93. The predicted molar refractivity (Wildman–Crippen MR) is 62.4 cm³/mol. The quantitative estimate of drug-likeness (QED) is 0.771. The Labute approximate surface area is 94.5 Å². The lowest BCUT2D eigenvalue weighted by Crippen LogP contribution is -2.10. The van der Waals surface area contributed by atoms with Crippen molar-refractivity contribution in [1.82, 2.24) is 9.97 Å². The minimum Gasteiger partial charge on any atom is -0.490 e. The first-order chi connectivity index (χ1) is 7.92. The number of ether oxygens (including phenoxy) is 1. The van der Waals surface area contributed by atoms with Crippen molar-refractivity contribution < 1.29 is 4.74 Å². The molecule has 2 aromatic rings. The van der Waals surface area contributed by atoms with E-state index in [1.165, 1.54) is 25.7 Å². The summed E-state index contributed by atoms with van der Waals surface area (Å²) in [6.45, 7) is 0. The first kappa shape index (κ1) is 9.58. The minimum atomic E-state index is 0.405. The van der Waals surface area contributed by atoms with Crippen LogP contribution < -0.4 is 4.74 Å². The van der Waals surface area contributed by atoms with Gasteiger partial charge in [-0.25, -0.2) is 9.97 Å². The number of rotatable bonds is 2. The van der Waals surface area contributed by atoms with E-state index in [0.717, 1.165) is 16.7 Å². The second-order valence-electron chi connectivity index (χ2n) is 4.27. The Kier molecular flexibility index (Phi) is 2.44. The highest BCUT2D eigenvalue weighted by Crippen LogP contribution is 2.25. The molecular formula is C13H14N2O. The van der Waals surface area contributed by atoms with Gasteiger partial charge in [-0.05, 0) is 43.9 Å². The SMILES string of the molecule is c1ncc2cc(OC3CCCC3)ccc2n1. The highest BCUT2D eigenvalue weighted by molar-refractivity contribution is 5.78. The average molecular weight is 214 g/mol. The van der Waals surface area contributed by atoms with Crippen LogP contribution in [-0.2, 0) is 0 Å². The highest BCUT2D eigenvalue weighted by Gasteiger charge is 2.16. The molecule has 0 amide bonds. The van der Waals surface area contributed by atoms with Crippen molar-refractivity contribution in [2.75, 3.05) is 0 Å². The third-order valence-electron chi connectivity index (χ3n) is 3.08. The zero-order valence-corrected chi connectivity index (χ0v) is 9.10. The van der Waals surface area contributed by atoms with Crippen LogP contribution in [0.15, 0.2) is 30.7 Å². The molecule has 3 heteroatoms. The molecule has 1 aromatic carbocycles. The first-order valence-electron chi connectivity index (χ1n) is 5.78. The molecule has 0 atom stereocenters. The van der Waals surface area contributed by atoms with Crippen molar-refractivity contribution >= 4 is 10.9 Å². The number of benzene rings is 1. The second kappa shape index (κ2) is 4.08. The Bertz CT molecular complexity index is 492. The van der Waals surface area contributed by atoms with Crippen LogP contribution in [0.3, 0.4) is 0 Å². The van der Waals surface area contributed by atoms with Gasteiger partial charge in [0.05, 0.1) is 11.6 Å². The molecule has 0 unspecified atom stereocenters. The molecule has 0 bridgehead atoms. The Hall–Kier alpha value is -1.64. The maximum absolute atomic E-state index is 5.93. The molecule has 1 heterocycles. The molecule has 0 radical (unpaired) electrons. The van der Waals surface area contributed by atoms with Gasteiger partial charge in [0.15, 0.2) is 0 Å². The number of hydrogen-bond donors (Lipinski definition) is 0. The van der Waals surface area contributed by atoms with Crippen LogP contribution >= 0.6 is 0 Å². The fourth-order valence-electron chi connectivity index (χ4n) is 2.23. The van der Waals surface area contributed by atoms with E-state index >= 15 is 0 Å². The van der Waals surface area contributed by atoms with Crippen molar-refractivity contribution in [3.8, 4) is 5.75 Å². The van der Waals surface area contributed by atoms with E-state index in [-0.39, 0.29) is 0 Å². The Morgan fingerprint density at radius 2 is 2.06 bits per heavy atom. The molecule has 1 aromatic heterocycles. The van der Waals surface area contributed by atoms with E-state index in [1.807, 2.05) is 24.4 Å². The summed E-state index contributed by atoms with van der Waals surface area (Å²) in [6, 6.07) is 6.00. The van der Waals surface area contributed by atoms with Gasteiger partial charge in [-0.3, -0.25) is 0 Å². The molecule has 82 valence electrons. The molecular weight excluding hydrogens is 200 g/mol. The second-order valence-corrected chi connectivity index (χ2v) is 4.27. The van der Waals surface area contributed by atoms with E-state index in [0.29, 0.717) is 6.10 Å². The van der Waals surface area contributed by atoms with Gasteiger partial charge in [0.1, 0.15) is 12.1 Å². The van der Waals surface area contributed by atoms with Crippen LogP contribution in [0.25, 0.3) is 10.9 Å². The zero-order chi connectivity index (χ0) is 10.8. The normalized spacial score (nSPS) is 16.8. The molecule has 0 saturated heterocycles. The van der Waals surface area contributed by atoms with Gasteiger partial charge >= 0.3 is 0 Å². The number of aromatic nitrogens is 2. The molecule has 3 rings (SSSR count). The lowest BCUT2D eigenvalue weighted by atomic mass is 10.2. The minimum absolute atomic E-state index is 0.405.